The molecule has 0 radical (unpaired) electrons. The predicted molar refractivity (Wildman–Crippen MR) is 111 cm³/mol. The lowest BCUT2D eigenvalue weighted by Gasteiger charge is -2.35. The van der Waals surface area contributed by atoms with Crippen LogP contribution in [0.15, 0.2) is 29.6 Å². The Morgan fingerprint density at radius 1 is 1.14 bits per heavy atom. The van der Waals surface area contributed by atoms with Crippen LogP contribution in [0.2, 0.25) is 5.02 Å². The van der Waals surface area contributed by atoms with Crippen LogP contribution in [0.5, 0.6) is 0 Å². The third kappa shape index (κ3) is 4.31. The zero-order valence-electron chi connectivity index (χ0n) is 15.6. The second kappa shape index (κ2) is 8.49. The number of nitrogens with zero attached hydrogens (tertiary/aromatic N) is 3. The summed E-state index contributed by atoms with van der Waals surface area (Å²) in [5, 5.41) is 5.79. The van der Waals surface area contributed by atoms with Crippen molar-refractivity contribution in [2.75, 3.05) is 31.1 Å². The van der Waals surface area contributed by atoms with Gasteiger partial charge in [-0.2, -0.15) is 0 Å². The second-order valence-electron chi connectivity index (χ2n) is 7.25. The fraction of sp³-hybridized carbons (Fsp3) is 0.450. The van der Waals surface area contributed by atoms with E-state index in [2.05, 4.69) is 15.2 Å². The molecule has 2 aromatic rings. The summed E-state index contributed by atoms with van der Waals surface area (Å²) < 4.78 is 0. The van der Waals surface area contributed by atoms with E-state index in [0.29, 0.717) is 28.8 Å². The summed E-state index contributed by atoms with van der Waals surface area (Å²) in [6.45, 7) is 2.72. The van der Waals surface area contributed by atoms with Gasteiger partial charge in [0, 0.05) is 48.3 Å². The summed E-state index contributed by atoms with van der Waals surface area (Å²) in [6.07, 6.45) is 4.38. The van der Waals surface area contributed by atoms with Crippen LogP contribution in [0, 0.1) is 0 Å². The molecule has 1 aromatic carbocycles. The molecular weight excluding hydrogens is 396 g/mol. The number of thiazole rings is 1. The Kier molecular flexibility index (Phi) is 5.82. The van der Waals surface area contributed by atoms with Crippen molar-refractivity contribution in [1.82, 2.24) is 15.2 Å². The number of piperazine rings is 1. The van der Waals surface area contributed by atoms with E-state index >= 15 is 0 Å². The van der Waals surface area contributed by atoms with Crippen LogP contribution in [-0.2, 0) is 0 Å². The standard InChI is InChI=1S/C20H23ClN4O2S/c21-14-4-3-7-16(12-14)24-8-10-25(11-9-24)20(27)17-13-28-19(23-17)18(26)22-15-5-1-2-6-15/h3-4,7,12-13,15H,1-2,5-6,8-11H2,(H,22,26). The number of benzene rings is 1. The third-order valence-corrected chi connectivity index (χ3v) is 6.42. The molecule has 1 aliphatic carbocycles. The van der Waals surface area contributed by atoms with E-state index in [1.807, 2.05) is 24.3 Å². The number of rotatable bonds is 4. The molecule has 2 heterocycles. The molecule has 2 aliphatic rings. The van der Waals surface area contributed by atoms with E-state index in [-0.39, 0.29) is 17.9 Å². The highest BCUT2D eigenvalue weighted by Gasteiger charge is 2.26. The van der Waals surface area contributed by atoms with E-state index in [9.17, 15) is 9.59 Å². The fourth-order valence-corrected chi connectivity index (χ4v) is 4.67. The molecular formula is C20H23ClN4O2S. The summed E-state index contributed by atoms with van der Waals surface area (Å²) in [6, 6.07) is 8.00. The smallest absolute Gasteiger partial charge is 0.280 e. The number of nitrogens with one attached hydrogen (secondary N) is 1. The van der Waals surface area contributed by atoms with Crippen LogP contribution in [0.3, 0.4) is 0 Å². The predicted octanol–water partition coefficient (Wildman–Crippen LogP) is 3.43. The van der Waals surface area contributed by atoms with Crippen LogP contribution >= 0.6 is 22.9 Å². The van der Waals surface area contributed by atoms with Gasteiger partial charge in [-0.3, -0.25) is 9.59 Å². The number of amides is 2. The maximum absolute atomic E-state index is 12.8. The van der Waals surface area contributed by atoms with Gasteiger partial charge in [0.2, 0.25) is 0 Å². The molecule has 1 saturated carbocycles. The molecule has 2 amide bonds. The van der Waals surface area contributed by atoms with Gasteiger partial charge in [0.05, 0.1) is 0 Å². The van der Waals surface area contributed by atoms with Crippen LogP contribution in [0.4, 0.5) is 5.69 Å². The zero-order valence-corrected chi connectivity index (χ0v) is 17.1. The Balaban J connectivity index is 1.34. The van der Waals surface area contributed by atoms with Gasteiger partial charge in [-0.05, 0) is 31.0 Å². The molecule has 0 bridgehead atoms. The molecule has 4 rings (SSSR count). The van der Waals surface area contributed by atoms with Crippen LogP contribution in [0.1, 0.15) is 46.0 Å². The van der Waals surface area contributed by atoms with Crippen molar-refractivity contribution in [2.24, 2.45) is 0 Å². The number of halogens is 1. The quantitative estimate of drug-likeness (QED) is 0.826. The van der Waals surface area contributed by atoms with Crippen LogP contribution in [0.25, 0.3) is 0 Å². The molecule has 0 unspecified atom stereocenters. The normalized spacial score (nSPS) is 17.8. The summed E-state index contributed by atoms with van der Waals surface area (Å²) in [4.78, 5) is 33.4. The first kappa shape index (κ1) is 19.2. The Morgan fingerprint density at radius 3 is 2.61 bits per heavy atom. The van der Waals surface area contributed by atoms with Gasteiger partial charge in [-0.25, -0.2) is 4.98 Å². The highest BCUT2D eigenvalue weighted by Crippen LogP contribution is 2.22. The Morgan fingerprint density at radius 2 is 1.89 bits per heavy atom. The monoisotopic (exact) mass is 418 g/mol. The first-order chi connectivity index (χ1) is 13.6. The maximum atomic E-state index is 12.8. The van der Waals surface area contributed by atoms with E-state index in [1.165, 1.54) is 11.3 Å². The van der Waals surface area contributed by atoms with Crippen molar-refractivity contribution < 1.29 is 9.59 Å². The maximum Gasteiger partial charge on any atom is 0.280 e. The van der Waals surface area contributed by atoms with Crippen LogP contribution < -0.4 is 10.2 Å². The van der Waals surface area contributed by atoms with Gasteiger partial charge in [-0.15, -0.1) is 11.3 Å². The average Bonchev–Trinajstić information content (AvgIpc) is 3.40. The number of hydrogen-bond acceptors (Lipinski definition) is 5. The van der Waals surface area contributed by atoms with Crippen LogP contribution in [-0.4, -0.2) is 53.9 Å². The number of anilines is 1. The number of carbonyl (C=O) groups is 2. The molecule has 1 aromatic heterocycles. The largest absolute Gasteiger partial charge is 0.368 e. The minimum absolute atomic E-state index is 0.109. The van der Waals surface area contributed by atoms with Gasteiger partial charge >= 0.3 is 0 Å². The third-order valence-electron chi connectivity index (χ3n) is 5.35. The molecule has 0 atom stereocenters. The van der Waals surface area contributed by atoms with E-state index in [1.54, 1.807) is 10.3 Å². The molecule has 8 heteroatoms. The Bertz CT molecular complexity index is 857. The summed E-state index contributed by atoms with van der Waals surface area (Å²) >= 11 is 7.31. The van der Waals surface area contributed by atoms with E-state index in [4.69, 9.17) is 11.6 Å². The molecule has 28 heavy (non-hydrogen) atoms. The van der Waals surface area contributed by atoms with Crippen molar-refractivity contribution in [3.63, 3.8) is 0 Å². The van der Waals surface area contributed by atoms with Crippen molar-refractivity contribution in [3.8, 4) is 0 Å². The fourth-order valence-electron chi connectivity index (χ4n) is 3.80. The molecule has 148 valence electrons. The zero-order chi connectivity index (χ0) is 19.5. The van der Waals surface area contributed by atoms with Gasteiger partial charge in [0.1, 0.15) is 5.69 Å². The lowest BCUT2D eigenvalue weighted by Crippen LogP contribution is -2.48. The highest BCUT2D eigenvalue weighted by atomic mass is 35.5. The topological polar surface area (TPSA) is 65.5 Å². The number of carbonyl (C=O) groups excluding carboxylic acids is 2. The lowest BCUT2D eigenvalue weighted by atomic mass is 10.2. The molecule has 1 saturated heterocycles. The molecule has 0 spiro atoms. The average molecular weight is 419 g/mol. The SMILES string of the molecule is O=C(NC1CCCC1)c1nc(C(=O)N2CCN(c3cccc(Cl)c3)CC2)cs1. The summed E-state index contributed by atoms with van der Waals surface area (Å²) in [7, 11) is 0. The highest BCUT2D eigenvalue weighted by molar-refractivity contribution is 7.11. The summed E-state index contributed by atoms with van der Waals surface area (Å²) in [5.74, 6) is -0.274. The molecule has 1 N–H and O–H groups in total. The second-order valence-corrected chi connectivity index (χ2v) is 8.55. The molecule has 6 nitrogen and oxygen atoms in total. The lowest BCUT2D eigenvalue weighted by molar-refractivity contribution is 0.0741. The van der Waals surface area contributed by atoms with Gasteiger partial charge < -0.3 is 15.1 Å². The van der Waals surface area contributed by atoms with Crippen molar-refractivity contribution in [1.29, 1.82) is 0 Å². The first-order valence-electron chi connectivity index (χ1n) is 9.66. The summed E-state index contributed by atoms with van der Waals surface area (Å²) in [5.41, 5.74) is 1.43. The van der Waals surface area contributed by atoms with Gasteiger partial charge in [-0.1, -0.05) is 30.5 Å². The number of hydrogen-bond donors (Lipinski definition) is 1. The molecule has 2 fully saturated rings. The van der Waals surface area contributed by atoms with Crippen molar-refractivity contribution >= 4 is 40.4 Å². The first-order valence-corrected chi connectivity index (χ1v) is 10.9. The Labute approximate surface area is 173 Å². The van der Waals surface area contributed by atoms with Gasteiger partial charge in [0.15, 0.2) is 5.01 Å². The van der Waals surface area contributed by atoms with E-state index in [0.717, 1.165) is 44.5 Å². The van der Waals surface area contributed by atoms with Crippen molar-refractivity contribution in [2.45, 2.75) is 31.7 Å². The Hall–Kier alpha value is -2.12. The number of aromatic nitrogens is 1. The van der Waals surface area contributed by atoms with Crippen molar-refractivity contribution in [3.05, 3.63) is 45.4 Å². The van der Waals surface area contributed by atoms with Gasteiger partial charge in [0.25, 0.3) is 11.8 Å². The van der Waals surface area contributed by atoms with E-state index < -0.39 is 0 Å². The minimum atomic E-state index is -0.165. The molecule has 1 aliphatic heterocycles. The minimum Gasteiger partial charge on any atom is -0.368 e.